The fraction of sp³-hybridized carbons (Fsp3) is 0. The van der Waals surface area contributed by atoms with Gasteiger partial charge in [-0.25, -0.2) is 0 Å². The van der Waals surface area contributed by atoms with Gasteiger partial charge < -0.3 is 0 Å². The summed E-state index contributed by atoms with van der Waals surface area (Å²) >= 11 is 8.53. The molecule has 0 aliphatic rings. The number of aromatic nitrogens is 2. The molecule has 0 unspecified atom stereocenters. The Bertz CT molecular complexity index is 341. The van der Waals surface area contributed by atoms with Crippen LogP contribution in [0.5, 0.6) is 0 Å². The number of halogens is 1. The van der Waals surface area contributed by atoms with Gasteiger partial charge in [0, 0.05) is 10.9 Å². The van der Waals surface area contributed by atoms with Crippen LogP contribution in [0.15, 0.2) is 16.8 Å². The first-order chi connectivity index (χ1) is 5.38. The standard InChI is InChI=1S/C6H3ClN2S2/c7-6-5(8-11-9-6)4-1-2-10-3-4/h1-3H. The summed E-state index contributed by atoms with van der Waals surface area (Å²) < 4.78 is 7.94. The third-order valence-electron chi connectivity index (χ3n) is 1.24. The van der Waals surface area contributed by atoms with Gasteiger partial charge in [0.15, 0.2) is 5.15 Å². The zero-order valence-corrected chi connectivity index (χ0v) is 7.71. The van der Waals surface area contributed by atoms with Crippen LogP contribution in [0.2, 0.25) is 5.15 Å². The second kappa shape index (κ2) is 2.89. The molecule has 2 rings (SSSR count). The van der Waals surface area contributed by atoms with E-state index in [9.17, 15) is 0 Å². The predicted molar refractivity (Wildman–Crippen MR) is 48.2 cm³/mol. The summed E-state index contributed by atoms with van der Waals surface area (Å²) in [6.07, 6.45) is 0. The Morgan fingerprint density at radius 3 is 2.82 bits per heavy atom. The summed E-state index contributed by atoms with van der Waals surface area (Å²) in [6, 6.07) is 1.98. The molecule has 56 valence electrons. The van der Waals surface area contributed by atoms with Gasteiger partial charge in [0.25, 0.3) is 0 Å². The van der Waals surface area contributed by atoms with Gasteiger partial charge in [-0.2, -0.15) is 20.1 Å². The monoisotopic (exact) mass is 202 g/mol. The number of nitrogens with zero attached hydrogens (tertiary/aromatic N) is 2. The molecule has 2 heterocycles. The van der Waals surface area contributed by atoms with Crippen molar-refractivity contribution in [3.8, 4) is 11.3 Å². The van der Waals surface area contributed by atoms with E-state index in [1.165, 1.54) is 0 Å². The Kier molecular flexibility index (Phi) is 1.89. The molecule has 0 N–H and O–H groups in total. The van der Waals surface area contributed by atoms with E-state index in [1.807, 2.05) is 16.8 Å². The van der Waals surface area contributed by atoms with Crippen LogP contribution in [-0.4, -0.2) is 8.75 Å². The van der Waals surface area contributed by atoms with Crippen LogP contribution in [0, 0.1) is 0 Å². The van der Waals surface area contributed by atoms with E-state index in [1.54, 1.807) is 11.3 Å². The van der Waals surface area contributed by atoms with Crippen LogP contribution >= 0.6 is 34.7 Å². The Morgan fingerprint density at radius 2 is 2.27 bits per heavy atom. The Balaban J connectivity index is 2.53. The summed E-state index contributed by atoms with van der Waals surface area (Å²) in [5.41, 5.74) is 1.84. The lowest BCUT2D eigenvalue weighted by atomic mass is 10.3. The molecule has 2 nitrogen and oxygen atoms in total. The van der Waals surface area contributed by atoms with E-state index in [4.69, 9.17) is 11.6 Å². The van der Waals surface area contributed by atoms with Crippen molar-refractivity contribution in [3.63, 3.8) is 0 Å². The molecule has 0 fully saturated rings. The van der Waals surface area contributed by atoms with Crippen molar-refractivity contribution in [1.29, 1.82) is 0 Å². The predicted octanol–water partition coefficient (Wildman–Crippen LogP) is 2.92. The molecule has 5 heteroatoms. The molecule has 0 amide bonds. The van der Waals surface area contributed by atoms with Gasteiger partial charge in [-0.3, -0.25) is 0 Å². The highest BCUT2D eigenvalue weighted by atomic mass is 35.5. The number of thiophene rings is 1. The van der Waals surface area contributed by atoms with Crippen LogP contribution in [0.1, 0.15) is 0 Å². The first kappa shape index (κ1) is 7.21. The SMILES string of the molecule is Clc1nsnc1-c1ccsc1. The van der Waals surface area contributed by atoms with Gasteiger partial charge in [0.2, 0.25) is 0 Å². The second-order valence-corrected chi connectivity index (χ2v) is 3.58. The van der Waals surface area contributed by atoms with Crippen molar-refractivity contribution < 1.29 is 0 Å². The van der Waals surface area contributed by atoms with Crippen LogP contribution in [-0.2, 0) is 0 Å². The molecule has 0 saturated carbocycles. The molecule has 2 aromatic heterocycles. The number of rotatable bonds is 1. The average molecular weight is 203 g/mol. The molecule has 0 aliphatic heterocycles. The van der Waals surface area contributed by atoms with Gasteiger partial charge in [-0.1, -0.05) is 11.6 Å². The zero-order chi connectivity index (χ0) is 7.68. The van der Waals surface area contributed by atoms with Gasteiger partial charge >= 0.3 is 0 Å². The highest BCUT2D eigenvalue weighted by Crippen LogP contribution is 2.26. The van der Waals surface area contributed by atoms with Crippen LogP contribution < -0.4 is 0 Å². The highest BCUT2D eigenvalue weighted by molar-refractivity contribution is 7.08. The third-order valence-corrected chi connectivity index (χ3v) is 2.82. The van der Waals surface area contributed by atoms with E-state index in [0.29, 0.717) is 5.15 Å². The molecule has 0 aromatic carbocycles. The molecule has 2 aromatic rings. The van der Waals surface area contributed by atoms with Crippen molar-refractivity contribution in [3.05, 3.63) is 22.0 Å². The lowest BCUT2D eigenvalue weighted by Crippen LogP contribution is -1.71. The Labute approximate surface area is 76.8 Å². The Hall–Kier alpha value is -0.450. The normalized spacial score (nSPS) is 10.3. The van der Waals surface area contributed by atoms with Gasteiger partial charge in [-0.05, 0) is 11.4 Å². The summed E-state index contributed by atoms with van der Waals surface area (Å²) in [6.45, 7) is 0. The maximum atomic E-state index is 5.77. The fourth-order valence-electron chi connectivity index (χ4n) is 0.749. The minimum absolute atomic E-state index is 0.494. The first-order valence-electron chi connectivity index (χ1n) is 2.88. The van der Waals surface area contributed by atoms with Crippen LogP contribution in [0.4, 0.5) is 0 Å². The van der Waals surface area contributed by atoms with Crippen LogP contribution in [0.3, 0.4) is 0 Å². The van der Waals surface area contributed by atoms with Gasteiger partial charge in [0.1, 0.15) is 5.69 Å². The topological polar surface area (TPSA) is 25.8 Å². The highest BCUT2D eigenvalue weighted by Gasteiger charge is 2.07. The smallest absolute Gasteiger partial charge is 0.170 e. The van der Waals surface area contributed by atoms with E-state index >= 15 is 0 Å². The van der Waals surface area contributed by atoms with Gasteiger partial charge in [0.05, 0.1) is 11.7 Å². The zero-order valence-electron chi connectivity index (χ0n) is 5.32. The molecule has 0 radical (unpaired) electrons. The molecule has 0 spiro atoms. The first-order valence-corrected chi connectivity index (χ1v) is 4.93. The molecular formula is C6H3ClN2S2. The lowest BCUT2D eigenvalue weighted by molar-refractivity contribution is 1.51. The molecule has 0 aliphatic carbocycles. The number of hydrogen-bond acceptors (Lipinski definition) is 4. The maximum Gasteiger partial charge on any atom is 0.170 e. The largest absolute Gasteiger partial charge is 0.171 e. The van der Waals surface area contributed by atoms with E-state index in [-0.39, 0.29) is 0 Å². The van der Waals surface area contributed by atoms with E-state index in [0.717, 1.165) is 23.0 Å². The summed E-state index contributed by atoms with van der Waals surface area (Å²) in [5.74, 6) is 0. The summed E-state index contributed by atoms with van der Waals surface area (Å²) in [5, 5.41) is 4.49. The van der Waals surface area contributed by atoms with Crippen molar-refractivity contribution in [2.75, 3.05) is 0 Å². The van der Waals surface area contributed by atoms with Gasteiger partial charge in [-0.15, -0.1) is 0 Å². The van der Waals surface area contributed by atoms with Crippen molar-refractivity contribution in [2.24, 2.45) is 0 Å². The molecule has 0 saturated heterocycles. The van der Waals surface area contributed by atoms with Crippen LogP contribution in [0.25, 0.3) is 11.3 Å². The molecule has 0 atom stereocenters. The quantitative estimate of drug-likeness (QED) is 0.711. The van der Waals surface area contributed by atoms with Crippen molar-refractivity contribution in [1.82, 2.24) is 8.75 Å². The van der Waals surface area contributed by atoms with Crippen molar-refractivity contribution >= 4 is 34.7 Å². The molecule has 0 bridgehead atoms. The minimum atomic E-state index is 0.494. The minimum Gasteiger partial charge on any atom is -0.171 e. The van der Waals surface area contributed by atoms with E-state index in [2.05, 4.69) is 8.75 Å². The summed E-state index contributed by atoms with van der Waals surface area (Å²) in [7, 11) is 0. The second-order valence-electron chi connectivity index (χ2n) is 1.92. The number of hydrogen-bond donors (Lipinski definition) is 0. The van der Waals surface area contributed by atoms with E-state index < -0.39 is 0 Å². The summed E-state index contributed by atoms with van der Waals surface area (Å²) in [4.78, 5) is 0. The fourth-order valence-corrected chi connectivity index (χ4v) is 2.16. The van der Waals surface area contributed by atoms with Crippen molar-refractivity contribution in [2.45, 2.75) is 0 Å². The molecule has 11 heavy (non-hydrogen) atoms. The Morgan fingerprint density at radius 1 is 1.36 bits per heavy atom. The average Bonchev–Trinajstić information content (AvgIpc) is 2.55. The third kappa shape index (κ3) is 1.29. The molecular weight excluding hydrogens is 200 g/mol. The lowest BCUT2D eigenvalue weighted by Gasteiger charge is -1.86. The maximum absolute atomic E-state index is 5.77.